The first kappa shape index (κ1) is 16.0. The minimum Gasteiger partial charge on any atom is -0.382 e. The molecule has 0 fully saturated rings. The topological polar surface area (TPSA) is 76.2 Å². The average Bonchev–Trinajstić information content (AvgIpc) is 2.99. The zero-order chi connectivity index (χ0) is 17.2. The molecule has 1 N–H and O–H groups in total. The van der Waals surface area contributed by atoms with E-state index in [-0.39, 0.29) is 17.1 Å². The zero-order valence-electron chi connectivity index (χ0n) is 12.9. The van der Waals surface area contributed by atoms with Crippen molar-refractivity contribution in [3.05, 3.63) is 71.9 Å². The summed E-state index contributed by atoms with van der Waals surface area (Å²) in [6.45, 7) is 0. The van der Waals surface area contributed by atoms with Gasteiger partial charge in [-0.25, -0.2) is 0 Å². The Hall–Kier alpha value is -2.86. The first-order chi connectivity index (χ1) is 11.4. The maximum Gasteiger partial charge on any atom is 0.306 e. The minimum absolute atomic E-state index is 0.0238. The lowest BCUT2D eigenvalue weighted by Gasteiger charge is -2.06. The molecule has 0 saturated heterocycles. The van der Waals surface area contributed by atoms with Gasteiger partial charge in [0.2, 0.25) is 0 Å². The van der Waals surface area contributed by atoms with Crippen molar-refractivity contribution in [1.82, 2.24) is 4.98 Å². The first-order valence-corrected chi connectivity index (χ1v) is 9.02. The van der Waals surface area contributed by atoms with E-state index in [0.717, 1.165) is 22.7 Å². The number of fused-ring (bicyclic) bond motifs is 1. The summed E-state index contributed by atoms with van der Waals surface area (Å²) in [6, 6.07) is 14.0. The minimum atomic E-state index is -3.70. The number of carbonyl (C=O) groups excluding carboxylic acids is 1. The Bertz CT molecular complexity index is 1030. The van der Waals surface area contributed by atoms with Crippen molar-refractivity contribution in [2.24, 2.45) is 0 Å². The van der Waals surface area contributed by atoms with E-state index in [4.69, 9.17) is 4.18 Å². The fraction of sp³-hybridized carbons (Fsp3) is 0.0556. The molecule has 122 valence electrons. The maximum atomic E-state index is 12.4. The lowest BCUT2D eigenvalue weighted by Crippen LogP contribution is -2.09. The van der Waals surface area contributed by atoms with Crippen LogP contribution in [-0.2, 0) is 10.1 Å². The van der Waals surface area contributed by atoms with Gasteiger partial charge in [-0.15, -0.1) is 0 Å². The summed E-state index contributed by atoms with van der Waals surface area (Å²) in [4.78, 5) is 15.5. The zero-order valence-corrected chi connectivity index (χ0v) is 13.7. The van der Waals surface area contributed by atoms with Crippen LogP contribution in [-0.4, -0.2) is 25.4 Å². The average molecular weight is 341 g/mol. The predicted octanol–water partition coefficient (Wildman–Crippen LogP) is 3.40. The van der Waals surface area contributed by atoms with Crippen molar-refractivity contribution >= 4 is 32.9 Å². The summed E-state index contributed by atoms with van der Waals surface area (Å²) < 4.78 is 27.5. The molecule has 6 heteroatoms. The van der Waals surface area contributed by atoms with Gasteiger partial charge in [0.25, 0.3) is 0 Å². The second-order valence-corrected chi connectivity index (χ2v) is 6.88. The Labute approximate surface area is 139 Å². The van der Waals surface area contributed by atoms with Crippen molar-refractivity contribution in [3.63, 3.8) is 0 Å². The second kappa shape index (κ2) is 6.33. The molecule has 0 bridgehead atoms. The highest BCUT2D eigenvalue weighted by molar-refractivity contribution is 7.86. The van der Waals surface area contributed by atoms with Crippen molar-refractivity contribution in [2.45, 2.75) is 0 Å². The number of hydrogen-bond donors (Lipinski definition) is 1. The van der Waals surface area contributed by atoms with E-state index in [9.17, 15) is 13.2 Å². The molecule has 5 nitrogen and oxygen atoms in total. The number of benzene rings is 2. The smallest absolute Gasteiger partial charge is 0.306 e. The summed E-state index contributed by atoms with van der Waals surface area (Å²) in [6.07, 6.45) is 5.88. The van der Waals surface area contributed by atoms with Crippen LogP contribution >= 0.6 is 0 Å². The molecule has 3 aromatic rings. The molecule has 0 spiro atoms. The third kappa shape index (κ3) is 3.72. The SMILES string of the molecule is CS(=O)(=O)Oc1ccccc1C(=O)/C=C/c1ccc2[nH]ccc2c1. The molecule has 24 heavy (non-hydrogen) atoms. The second-order valence-electron chi connectivity index (χ2n) is 5.31. The van der Waals surface area contributed by atoms with Crippen LogP contribution in [0.3, 0.4) is 0 Å². The van der Waals surface area contributed by atoms with Crippen molar-refractivity contribution in [3.8, 4) is 5.75 Å². The molecule has 2 aromatic carbocycles. The normalized spacial score (nSPS) is 11.9. The number of ketones is 1. The molecule has 0 aliphatic rings. The van der Waals surface area contributed by atoms with Gasteiger partial charge < -0.3 is 9.17 Å². The lowest BCUT2D eigenvalue weighted by molar-refractivity contribution is 0.104. The molecule has 0 saturated carbocycles. The molecular weight excluding hydrogens is 326 g/mol. The number of aromatic amines is 1. The summed E-state index contributed by atoms with van der Waals surface area (Å²) in [5.41, 5.74) is 2.09. The number of aromatic nitrogens is 1. The molecule has 0 aliphatic carbocycles. The van der Waals surface area contributed by atoms with Crippen LogP contribution in [0.5, 0.6) is 5.75 Å². The van der Waals surface area contributed by atoms with Crippen LogP contribution in [0.2, 0.25) is 0 Å². The van der Waals surface area contributed by atoms with Crippen LogP contribution < -0.4 is 4.18 Å². The van der Waals surface area contributed by atoms with E-state index in [1.54, 1.807) is 18.2 Å². The van der Waals surface area contributed by atoms with Gasteiger partial charge >= 0.3 is 10.1 Å². The highest BCUT2D eigenvalue weighted by Gasteiger charge is 2.13. The van der Waals surface area contributed by atoms with Gasteiger partial charge in [-0.05, 0) is 47.4 Å². The number of para-hydroxylation sites is 1. The maximum absolute atomic E-state index is 12.4. The fourth-order valence-electron chi connectivity index (χ4n) is 2.34. The van der Waals surface area contributed by atoms with Crippen LogP contribution in [0.25, 0.3) is 17.0 Å². The van der Waals surface area contributed by atoms with E-state index in [0.29, 0.717) is 0 Å². The number of carbonyl (C=O) groups is 1. The number of H-pyrrole nitrogens is 1. The molecule has 0 amide bonds. The van der Waals surface area contributed by atoms with E-state index < -0.39 is 10.1 Å². The molecule has 0 unspecified atom stereocenters. The summed E-state index contributed by atoms with van der Waals surface area (Å²) in [7, 11) is -3.70. The highest BCUT2D eigenvalue weighted by Crippen LogP contribution is 2.21. The molecule has 1 heterocycles. The van der Waals surface area contributed by atoms with Crippen LogP contribution in [0, 0.1) is 0 Å². The van der Waals surface area contributed by atoms with Gasteiger partial charge in [0.1, 0.15) is 0 Å². The fourth-order valence-corrected chi connectivity index (χ4v) is 2.81. The molecule has 3 rings (SSSR count). The monoisotopic (exact) mass is 341 g/mol. The van der Waals surface area contributed by atoms with E-state index in [1.807, 2.05) is 30.5 Å². The Kier molecular flexibility index (Phi) is 4.22. The van der Waals surface area contributed by atoms with Crippen LogP contribution in [0.4, 0.5) is 0 Å². The summed E-state index contributed by atoms with van der Waals surface area (Å²) in [5, 5.41) is 1.05. The van der Waals surface area contributed by atoms with Gasteiger partial charge in [-0.1, -0.05) is 24.3 Å². The van der Waals surface area contributed by atoms with E-state index in [1.165, 1.54) is 18.2 Å². The van der Waals surface area contributed by atoms with Gasteiger partial charge in [0.15, 0.2) is 11.5 Å². The Balaban J connectivity index is 1.86. The first-order valence-electron chi connectivity index (χ1n) is 7.20. The number of rotatable bonds is 5. The Morgan fingerprint density at radius 2 is 1.92 bits per heavy atom. The quantitative estimate of drug-likeness (QED) is 0.438. The van der Waals surface area contributed by atoms with Crippen molar-refractivity contribution in [2.75, 3.05) is 6.26 Å². The third-order valence-electron chi connectivity index (χ3n) is 3.40. The number of nitrogens with one attached hydrogen (secondary N) is 1. The number of allylic oxidation sites excluding steroid dienone is 1. The number of hydrogen-bond acceptors (Lipinski definition) is 4. The Morgan fingerprint density at radius 3 is 2.71 bits per heavy atom. The Morgan fingerprint density at radius 1 is 1.12 bits per heavy atom. The predicted molar refractivity (Wildman–Crippen MR) is 93.6 cm³/mol. The summed E-state index contributed by atoms with van der Waals surface area (Å²) in [5.74, 6) is -0.306. The lowest BCUT2D eigenvalue weighted by atomic mass is 10.1. The standard InChI is InChI=1S/C18H15NO4S/c1-24(21,22)23-18-5-3-2-4-15(18)17(20)9-7-13-6-8-16-14(12-13)10-11-19-16/h2-12,19H,1H3/b9-7+. The van der Waals surface area contributed by atoms with E-state index >= 15 is 0 Å². The van der Waals surface area contributed by atoms with Crippen molar-refractivity contribution in [1.29, 1.82) is 0 Å². The van der Waals surface area contributed by atoms with Crippen LogP contribution in [0.15, 0.2) is 60.8 Å². The molecular formula is C18H15NO4S. The highest BCUT2D eigenvalue weighted by atomic mass is 32.2. The molecule has 0 atom stereocenters. The molecule has 0 aliphatic heterocycles. The van der Waals surface area contributed by atoms with Gasteiger partial charge in [0.05, 0.1) is 11.8 Å². The largest absolute Gasteiger partial charge is 0.382 e. The molecule has 0 radical (unpaired) electrons. The van der Waals surface area contributed by atoms with Crippen LogP contribution in [0.1, 0.15) is 15.9 Å². The van der Waals surface area contributed by atoms with Crippen molar-refractivity contribution < 1.29 is 17.4 Å². The molecule has 1 aromatic heterocycles. The third-order valence-corrected chi connectivity index (χ3v) is 3.88. The van der Waals surface area contributed by atoms with Gasteiger partial charge in [0, 0.05) is 11.7 Å². The van der Waals surface area contributed by atoms with Gasteiger partial charge in [-0.2, -0.15) is 8.42 Å². The summed E-state index contributed by atoms with van der Waals surface area (Å²) >= 11 is 0. The van der Waals surface area contributed by atoms with E-state index in [2.05, 4.69) is 4.98 Å². The van der Waals surface area contributed by atoms with Gasteiger partial charge in [-0.3, -0.25) is 4.79 Å².